The maximum Gasteiger partial charge on any atom is 0.303 e. The molecule has 4 nitrogen and oxygen atoms in total. The second kappa shape index (κ2) is 14.9. The molecule has 0 radical (unpaired) electrons. The number of carboxylic acid groups (broad SMARTS) is 2. The quantitative estimate of drug-likeness (QED) is 0.608. The van der Waals surface area contributed by atoms with Gasteiger partial charge in [-0.05, 0) is 12.8 Å². The molecular weight excluding hydrogens is 220 g/mol. The van der Waals surface area contributed by atoms with Gasteiger partial charge in [-0.2, -0.15) is 0 Å². The zero-order valence-corrected chi connectivity index (χ0v) is 11.1. The van der Waals surface area contributed by atoms with E-state index in [9.17, 15) is 9.59 Å². The average molecular weight is 246 g/mol. The van der Waals surface area contributed by atoms with Crippen molar-refractivity contribution in [3.05, 3.63) is 0 Å². The number of carbonyl (C=O) groups is 2. The van der Waals surface area contributed by atoms with Crippen LogP contribution in [0.3, 0.4) is 0 Å². The second-order valence-corrected chi connectivity index (χ2v) is 4.06. The first kappa shape index (κ1) is 18.3. The van der Waals surface area contributed by atoms with Gasteiger partial charge in [0.1, 0.15) is 0 Å². The molecule has 0 spiro atoms. The zero-order chi connectivity index (χ0) is 13.5. The molecule has 0 aromatic heterocycles. The van der Waals surface area contributed by atoms with Crippen LogP contribution in [-0.2, 0) is 9.59 Å². The molecule has 0 aromatic carbocycles. The highest BCUT2D eigenvalue weighted by Gasteiger charge is 1.95. The largest absolute Gasteiger partial charge is 0.481 e. The van der Waals surface area contributed by atoms with Crippen LogP contribution in [-0.4, -0.2) is 22.2 Å². The molecule has 0 aromatic rings. The number of hydrogen-bond donors (Lipinski definition) is 2. The molecular formula is C13H26O4. The fourth-order valence-electron chi connectivity index (χ4n) is 1.27. The van der Waals surface area contributed by atoms with Gasteiger partial charge in [0.25, 0.3) is 0 Å². The first-order chi connectivity index (χ1) is 8.04. The number of hydrogen-bond acceptors (Lipinski definition) is 2. The maximum atomic E-state index is 10.1. The Morgan fingerprint density at radius 1 is 0.706 bits per heavy atom. The summed E-state index contributed by atoms with van der Waals surface area (Å²) in [7, 11) is 0. The van der Waals surface area contributed by atoms with Gasteiger partial charge in [-0.15, -0.1) is 0 Å². The van der Waals surface area contributed by atoms with Crippen molar-refractivity contribution in [2.24, 2.45) is 0 Å². The Bertz CT molecular complexity index is 190. The summed E-state index contributed by atoms with van der Waals surface area (Å²) in [5, 5.41) is 16.2. The lowest BCUT2D eigenvalue weighted by Crippen LogP contribution is -1.93. The molecule has 2 N–H and O–H groups in total. The van der Waals surface area contributed by atoms with E-state index < -0.39 is 11.9 Å². The predicted octanol–water partition coefficient (Wildman–Crippen LogP) is 3.69. The third-order valence-electron chi connectivity index (χ3n) is 2.21. The van der Waals surface area contributed by atoms with Gasteiger partial charge in [0, 0.05) is 12.8 Å². The Hall–Kier alpha value is -1.06. The summed E-state index contributed by atoms with van der Waals surface area (Å²) < 4.78 is 0. The fraction of sp³-hybridized carbons (Fsp3) is 0.846. The molecule has 0 saturated carbocycles. The van der Waals surface area contributed by atoms with Crippen LogP contribution in [0, 0.1) is 0 Å². The lowest BCUT2D eigenvalue weighted by atomic mass is 10.1. The van der Waals surface area contributed by atoms with Gasteiger partial charge in [-0.25, -0.2) is 0 Å². The summed E-state index contributed by atoms with van der Waals surface area (Å²) in [5.74, 6) is -1.38. The molecule has 0 aliphatic carbocycles. The van der Waals surface area contributed by atoms with Crippen molar-refractivity contribution in [3.8, 4) is 0 Å². The molecule has 0 rings (SSSR count). The summed E-state index contributed by atoms with van der Waals surface area (Å²) in [5.41, 5.74) is 0. The van der Waals surface area contributed by atoms with Crippen LogP contribution in [0.2, 0.25) is 0 Å². The summed E-state index contributed by atoms with van der Waals surface area (Å²) >= 11 is 0. The molecule has 0 atom stereocenters. The van der Waals surface area contributed by atoms with Crippen molar-refractivity contribution < 1.29 is 19.8 Å². The third-order valence-corrected chi connectivity index (χ3v) is 2.21. The Morgan fingerprint density at radius 2 is 1.18 bits per heavy atom. The number of aliphatic carboxylic acids is 2. The summed E-state index contributed by atoms with van der Waals surface area (Å²) in [6, 6.07) is 0. The number of carboxylic acids is 2. The van der Waals surface area contributed by atoms with E-state index in [1.54, 1.807) is 0 Å². The van der Waals surface area contributed by atoms with Crippen LogP contribution >= 0.6 is 0 Å². The van der Waals surface area contributed by atoms with Gasteiger partial charge < -0.3 is 10.2 Å². The number of unbranched alkanes of at least 4 members (excludes halogenated alkanes) is 5. The van der Waals surface area contributed by atoms with E-state index in [1.807, 2.05) is 6.92 Å². The second-order valence-electron chi connectivity index (χ2n) is 4.06. The molecule has 0 bridgehead atoms. The Morgan fingerprint density at radius 3 is 1.53 bits per heavy atom. The standard InChI is InChI=1S/C9H18O2.C4H8O2/c1-2-3-4-5-6-7-8-9(10)11;1-2-3-4(5)6/h2-8H2,1H3,(H,10,11);2-3H2,1H3,(H,5,6). The highest BCUT2D eigenvalue weighted by molar-refractivity contribution is 5.66. The van der Waals surface area contributed by atoms with Crippen molar-refractivity contribution in [1.82, 2.24) is 0 Å². The van der Waals surface area contributed by atoms with E-state index >= 15 is 0 Å². The van der Waals surface area contributed by atoms with Gasteiger partial charge in [0.15, 0.2) is 0 Å². The first-order valence-corrected chi connectivity index (χ1v) is 6.48. The predicted molar refractivity (Wildman–Crippen MR) is 68.2 cm³/mol. The van der Waals surface area contributed by atoms with Crippen LogP contribution in [0.5, 0.6) is 0 Å². The topological polar surface area (TPSA) is 74.6 Å². The lowest BCUT2D eigenvalue weighted by molar-refractivity contribution is -0.138. The van der Waals surface area contributed by atoms with E-state index in [0.717, 1.165) is 19.3 Å². The summed E-state index contributed by atoms with van der Waals surface area (Å²) in [6.45, 7) is 4.02. The van der Waals surface area contributed by atoms with Gasteiger partial charge in [0.05, 0.1) is 0 Å². The van der Waals surface area contributed by atoms with Crippen molar-refractivity contribution in [2.75, 3.05) is 0 Å². The molecule has 0 aliphatic heterocycles. The van der Waals surface area contributed by atoms with Crippen molar-refractivity contribution in [1.29, 1.82) is 0 Å². The molecule has 17 heavy (non-hydrogen) atoms. The highest BCUT2D eigenvalue weighted by Crippen LogP contribution is 2.06. The Kier molecular flexibility index (Phi) is 16.1. The summed E-state index contributed by atoms with van der Waals surface area (Å²) in [4.78, 5) is 19.7. The first-order valence-electron chi connectivity index (χ1n) is 6.48. The van der Waals surface area contributed by atoms with E-state index in [2.05, 4.69) is 6.92 Å². The minimum atomic E-state index is -0.711. The molecule has 0 fully saturated rings. The summed E-state index contributed by atoms with van der Waals surface area (Å²) in [6.07, 6.45) is 8.27. The maximum absolute atomic E-state index is 10.1. The SMILES string of the molecule is CCCC(=O)O.CCCCCCCCC(=O)O. The average Bonchev–Trinajstić information content (AvgIpc) is 2.23. The van der Waals surface area contributed by atoms with Crippen molar-refractivity contribution >= 4 is 11.9 Å². The van der Waals surface area contributed by atoms with E-state index in [4.69, 9.17) is 10.2 Å². The van der Waals surface area contributed by atoms with E-state index in [1.165, 1.54) is 25.7 Å². The molecule has 0 heterocycles. The van der Waals surface area contributed by atoms with Crippen LogP contribution in [0.25, 0.3) is 0 Å². The molecule has 0 aliphatic rings. The Labute approximate surface area is 104 Å². The smallest absolute Gasteiger partial charge is 0.303 e. The van der Waals surface area contributed by atoms with Gasteiger partial charge in [-0.3, -0.25) is 9.59 Å². The van der Waals surface area contributed by atoms with E-state index in [-0.39, 0.29) is 0 Å². The monoisotopic (exact) mass is 246 g/mol. The van der Waals surface area contributed by atoms with Crippen LogP contribution in [0.4, 0.5) is 0 Å². The van der Waals surface area contributed by atoms with Crippen LogP contribution in [0.1, 0.15) is 71.6 Å². The lowest BCUT2D eigenvalue weighted by Gasteiger charge is -1.97. The fourth-order valence-corrected chi connectivity index (χ4v) is 1.27. The minimum Gasteiger partial charge on any atom is -0.481 e. The van der Waals surface area contributed by atoms with Crippen LogP contribution in [0.15, 0.2) is 0 Å². The number of rotatable bonds is 9. The zero-order valence-electron chi connectivity index (χ0n) is 11.1. The van der Waals surface area contributed by atoms with Gasteiger partial charge >= 0.3 is 11.9 Å². The minimum absolute atomic E-state index is 0.292. The highest BCUT2D eigenvalue weighted by atomic mass is 16.4. The van der Waals surface area contributed by atoms with Crippen molar-refractivity contribution in [2.45, 2.75) is 71.6 Å². The normalized spacial score (nSPS) is 9.29. The molecule has 4 heteroatoms. The molecule has 0 unspecified atom stereocenters. The third kappa shape index (κ3) is 25.3. The molecule has 102 valence electrons. The van der Waals surface area contributed by atoms with Crippen molar-refractivity contribution in [3.63, 3.8) is 0 Å². The molecule has 0 saturated heterocycles. The Balaban J connectivity index is 0. The van der Waals surface area contributed by atoms with Gasteiger partial charge in [-0.1, -0.05) is 46.0 Å². The van der Waals surface area contributed by atoms with Gasteiger partial charge in [0.2, 0.25) is 0 Å². The molecule has 0 amide bonds. The van der Waals surface area contributed by atoms with Crippen LogP contribution < -0.4 is 0 Å². The van der Waals surface area contributed by atoms with E-state index in [0.29, 0.717) is 12.8 Å².